The summed E-state index contributed by atoms with van der Waals surface area (Å²) in [6.45, 7) is -0.150. The Labute approximate surface area is 363 Å². The zero-order valence-corrected chi connectivity index (χ0v) is 34.2. The molecule has 15 nitrogen and oxygen atoms in total. The second-order valence-electron chi connectivity index (χ2n) is 15.2. The molecule has 3 aliphatic heterocycles. The minimum Gasteiger partial charge on any atom is -0.508 e. The van der Waals surface area contributed by atoms with Gasteiger partial charge in [0, 0.05) is 37.5 Å². The van der Waals surface area contributed by atoms with E-state index in [-0.39, 0.29) is 43.3 Å². The quantitative estimate of drug-likeness (QED) is 0.0821. The molecule has 8 rings (SSSR count). The number of amides is 5. The number of anilines is 1. The van der Waals surface area contributed by atoms with Gasteiger partial charge in [-0.15, -0.1) is 0 Å². The Kier molecular flexibility index (Phi) is 12.2. The van der Waals surface area contributed by atoms with Crippen LogP contribution in [0.15, 0.2) is 128 Å². The fraction of sp³-hybridized carbons (Fsp3) is 0.250. The van der Waals surface area contributed by atoms with Gasteiger partial charge in [0.15, 0.2) is 0 Å². The fourth-order valence-corrected chi connectivity index (χ4v) is 9.15. The van der Waals surface area contributed by atoms with Crippen LogP contribution < -0.4 is 21.3 Å². The van der Waals surface area contributed by atoms with Gasteiger partial charge in [-0.05, 0) is 64.7 Å². The Morgan fingerprint density at radius 3 is 2.25 bits per heavy atom. The molecule has 63 heavy (non-hydrogen) atoms. The number of phenolic OH excluding ortho intramolecular Hbond substituents is 1. The van der Waals surface area contributed by atoms with Crippen molar-refractivity contribution in [3.05, 3.63) is 161 Å². The van der Waals surface area contributed by atoms with E-state index in [0.717, 1.165) is 10.5 Å². The minimum absolute atomic E-state index is 0.0401. The van der Waals surface area contributed by atoms with Crippen molar-refractivity contribution in [2.75, 3.05) is 38.3 Å². The fourth-order valence-electron chi connectivity index (χ4n) is 9.15. The summed E-state index contributed by atoms with van der Waals surface area (Å²) in [5, 5.41) is 16.1. The van der Waals surface area contributed by atoms with Crippen molar-refractivity contribution in [1.29, 1.82) is 0 Å². The Bertz CT molecular complexity index is 2570. The number of fused-ring (bicyclic) bond motifs is 3. The van der Waals surface area contributed by atoms with Crippen LogP contribution in [0.25, 0.3) is 0 Å². The highest BCUT2D eigenvalue weighted by atomic mass is 16.6. The molecule has 5 N–H and O–H groups in total. The number of pyridine rings is 1. The summed E-state index contributed by atoms with van der Waals surface area (Å²) in [6.07, 6.45) is 0.0257. The normalized spacial score (nSPS) is 22.3. The Morgan fingerprint density at radius 2 is 1.57 bits per heavy atom. The van der Waals surface area contributed by atoms with E-state index in [2.05, 4.69) is 27.5 Å². The van der Waals surface area contributed by atoms with Crippen LogP contribution >= 0.6 is 0 Å². The van der Waals surface area contributed by atoms with Crippen molar-refractivity contribution >= 4 is 35.6 Å². The summed E-state index contributed by atoms with van der Waals surface area (Å²) in [6, 6.07) is 30.9. The van der Waals surface area contributed by atoms with Crippen LogP contribution in [0.5, 0.6) is 5.75 Å². The van der Waals surface area contributed by atoms with E-state index in [1.165, 1.54) is 19.2 Å². The van der Waals surface area contributed by atoms with Crippen molar-refractivity contribution in [3.8, 4) is 17.6 Å². The highest BCUT2D eigenvalue weighted by Gasteiger charge is 2.75. The molecule has 0 radical (unpaired) electrons. The lowest BCUT2D eigenvalue weighted by molar-refractivity contribution is -0.178. The van der Waals surface area contributed by atoms with Gasteiger partial charge in [0.05, 0.1) is 36.8 Å². The number of carbonyl (C=O) groups excluding carboxylic acids is 5. The number of nitrogens with zero attached hydrogens (tertiary/aromatic N) is 3. The lowest BCUT2D eigenvalue weighted by Gasteiger charge is -2.46. The second kappa shape index (κ2) is 18.2. The molecular weight excluding hydrogens is 805 g/mol. The van der Waals surface area contributed by atoms with Crippen LogP contribution in [0.1, 0.15) is 51.7 Å². The zero-order valence-electron chi connectivity index (χ0n) is 34.2. The molecule has 0 bridgehead atoms. The minimum atomic E-state index is -2.06. The average Bonchev–Trinajstić information content (AvgIpc) is 3.75. The van der Waals surface area contributed by atoms with Crippen molar-refractivity contribution in [1.82, 2.24) is 20.5 Å². The van der Waals surface area contributed by atoms with Crippen LogP contribution in [-0.4, -0.2) is 84.4 Å². The first-order valence-corrected chi connectivity index (χ1v) is 20.4. The average molecular weight is 849 g/mol. The lowest BCUT2D eigenvalue weighted by atomic mass is 9.65. The molecule has 1 spiro atoms. The first-order chi connectivity index (χ1) is 30.6. The number of primary amides is 1. The summed E-state index contributed by atoms with van der Waals surface area (Å²) in [5.74, 6) is 2.02. The van der Waals surface area contributed by atoms with Crippen molar-refractivity contribution in [2.45, 2.75) is 36.1 Å². The molecular formula is C48H44N6O9. The van der Waals surface area contributed by atoms with Gasteiger partial charge in [-0.1, -0.05) is 90.7 Å². The number of morpholine rings is 1. The monoisotopic (exact) mass is 848 g/mol. The number of imide groups is 1. The van der Waals surface area contributed by atoms with E-state index in [9.17, 15) is 14.7 Å². The summed E-state index contributed by atoms with van der Waals surface area (Å²) in [7, 11) is 1.44. The van der Waals surface area contributed by atoms with Crippen molar-refractivity contribution < 1.29 is 43.3 Å². The van der Waals surface area contributed by atoms with Gasteiger partial charge in [-0.2, -0.15) is 0 Å². The predicted molar refractivity (Wildman–Crippen MR) is 229 cm³/mol. The van der Waals surface area contributed by atoms with E-state index in [1.54, 1.807) is 42.6 Å². The maximum atomic E-state index is 16.1. The second-order valence-corrected chi connectivity index (χ2v) is 15.2. The van der Waals surface area contributed by atoms with Crippen molar-refractivity contribution in [2.24, 2.45) is 11.7 Å². The highest BCUT2D eigenvalue weighted by Crippen LogP contribution is 2.66. The number of aromatic nitrogens is 1. The van der Waals surface area contributed by atoms with Crippen LogP contribution in [0, 0.1) is 17.8 Å². The van der Waals surface area contributed by atoms with Gasteiger partial charge in [0.2, 0.25) is 11.8 Å². The maximum Gasteiger partial charge on any atom is 0.421 e. The molecule has 0 unspecified atom stereocenters. The summed E-state index contributed by atoms with van der Waals surface area (Å²) in [4.78, 5) is 79.6. The van der Waals surface area contributed by atoms with Crippen LogP contribution in [-0.2, 0) is 40.4 Å². The third-order valence-electron chi connectivity index (χ3n) is 11.6. The number of rotatable bonds is 11. The molecule has 5 aromatic rings. The smallest absolute Gasteiger partial charge is 0.421 e. The van der Waals surface area contributed by atoms with Gasteiger partial charge in [0.1, 0.15) is 29.9 Å². The van der Waals surface area contributed by atoms with E-state index in [1.807, 2.05) is 77.7 Å². The number of nitrogens with two attached hydrogens (primary N) is 1. The molecule has 1 aromatic heterocycles. The molecule has 5 amide bonds. The Hall–Kier alpha value is -7.54. The predicted octanol–water partition coefficient (Wildman–Crippen LogP) is 4.61. The highest BCUT2D eigenvalue weighted by molar-refractivity contribution is 6.23. The van der Waals surface area contributed by atoms with Gasteiger partial charge < -0.3 is 35.7 Å². The standard InChI is InChI=1S/C48H44N6O9/c1-61-27-28-62-47(60)53-37-22-17-30(11-10-25-52-46(49)59)29-36(37)48(45(53)58)38(43(56)51-26-23-34-16-8-9-24-50-34)40-44(57)63-41(32-14-6-3-7-15-32)39(31-12-4-2-5-13-31)54(40)42(48)33-18-20-35(55)21-19-33/h2-9,12-22,24,29,38-42,55H,23,25-28H2,1H3,(H,51,56)(H3,49,52,59)/t38-,39-,40-,41+,42+,48-/m1/s1. The molecule has 3 aliphatic rings. The number of benzene rings is 4. The molecule has 320 valence electrons. The first-order valence-electron chi connectivity index (χ1n) is 20.4. The molecule has 6 atom stereocenters. The number of ether oxygens (including phenoxy) is 3. The number of nitrogens with one attached hydrogen (secondary N) is 2. The molecule has 0 saturated carbocycles. The first kappa shape index (κ1) is 42.2. The Balaban J connectivity index is 1.41. The summed E-state index contributed by atoms with van der Waals surface area (Å²) < 4.78 is 17.2. The van der Waals surface area contributed by atoms with Gasteiger partial charge in [-0.25, -0.2) is 14.5 Å². The molecule has 4 aromatic carbocycles. The lowest BCUT2D eigenvalue weighted by Crippen LogP contribution is -2.56. The largest absolute Gasteiger partial charge is 0.508 e. The van der Waals surface area contributed by atoms with Gasteiger partial charge in [0.25, 0.3) is 0 Å². The molecule has 4 heterocycles. The number of esters is 1. The number of cyclic esters (lactones) is 1. The van der Waals surface area contributed by atoms with E-state index >= 15 is 14.4 Å². The number of methoxy groups -OCH3 is 1. The molecule has 2 fully saturated rings. The van der Waals surface area contributed by atoms with Crippen LogP contribution in [0.3, 0.4) is 0 Å². The van der Waals surface area contributed by atoms with Crippen molar-refractivity contribution in [3.63, 3.8) is 0 Å². The SMILES string of the molecule is COCCOC(=O)N1C(=O)[C@@]2(c3cc(C#CCNC(N)=O)ccc31)[C@H](c1ccc(O)cc1)N1[C@H](c3ccccc3)[C@H](c3ccccc3)OC(=O)[C@H]1[C@@H]2C(=O)NCCc1ccccn1. The van der Waals surface area contributed by atoms with E-state index in [4.69, 9.17) is 19.9 Å². The number of hydrogen-bond acceptors (Lipinski definition) is 11. The topological polar surface area (TPSA) is 203 Å². The third-order valence-corrected chi connectivity index (χ3v) is 11.6. The van der Waals surface area contributed by atoms with Crippen LogP contribution in [0.4, 0.5) is 15.3 Å². The van der Waals surface area contributed by atoms with E-state index < -0.39 is 65.5 Å². The number of aromatic hydroxyl groups is 1. The zero-order chi connectivity index (χ0) is 44.1. The summed E-state index contributed by atoms with van der Waals surface area (Å²) >= 11 is 0. The van der Waals surface area contributed by atoms with E-state index in [0.29, 0.717) is 28.8 Å². The number of phenols is 1. The van der Waals surface area contributed by atoms with Gasteiger partial charge >= 0.3 is 18.1 Å². The molecule has 0 aliphatic carbocycles. The molecule has 15 heteroatoms. The number of urea groups is 1. The number of carbonyl (C=O) groups is 5. The summed E-state index contributed by atoms with van der Waals surface area (Å²) in [5.41, 5.74) is 6.47. The Morgan fingerprint density at radius 1 is 0.857 bits per heavy atom. The number of hydrogen-bond donors (Lipinski definition) is 4. The maximum absolute atomic E-state index is 16.1. The molecule has 2 saturated heterocycles. The third kappa shape index (κ3) is 7.93. The van der Waals surface area contributed by atoms with Gasteiger partial charge in [-0.3, -0.25) is 24.3 Å². The van der Waals surface area contributed by atoms with Crippen LogP contribution in [0.2, 0.25) is 0 Å².